The number of aliphatic hydroxyl groups is 1. The first kappa shape index (κ1) is 21.0. The molecule has 4 N–H and O–H groups in total. The molecule has 1 aliphatic carbocycles. The van der Waals surface area contributed by atoms with E-state index in [9.17, 15) is 25.2 Å². The van der Waals surface area contributed by atoms with E-state index in [1.165, 1.54) is 24.0 Å². The highest BCUT2D eigenvalue weighted by molar-refractivity contribution is 5.88. The Balaban J connectivity index is 1.88. The van der Waals surface area contributed by atoms with Crippen LogP contribution in [-0.4, -0.2) is 26.0 Å². The van der Waals surface area contributed by atoms with E-state index < -0.39 is 11.0 Å². The lowest BCUT2D eigenvalue weighted by atomic mass is 9.70. The minimum absolute atomic E-state index is 0.0206. The zero-order chi connectivity index (χ0) is 22.5. The molecule has 2 aromatic carbocycles. The molecular formula is C25H26O6. The molecule has 0 saturated heterocycles. The maximum absolute atomic E-state index is 13.1. The predicted octanol–water partition coefficient (Wildman–Crippen LogP) is 4.79. The Morgan fingerprint density at radius 1 is 1.06 bits per heavy atom. The van der Waals surface area contributed by atoms with Gasteiger partial charge in [0.2, 0.25) is 5.43 Å². The van der Waals surface area contributed by atoms with Crippen molar-refractivity contribution in [3.63, 3.8) is 0 Å². The molecule has 4 rings (SSSR count). The maximum atomic E-state index is 13.1. The number of phenolic OH excluding ortho intramolecular Hbond substituents is 3. The molecule has 1 aliphatic rings. The lowest BCUT2D eigenvalue weighted by Crippen LogP contribution is -2.36. The molecular weight excluding hydrogens is 396 g/mol. The van der Waals surface area contributed by atoms with E-state index in [-0.39, 0.29) is 45.6 Å². The van der Waals surface area contributed by atoms with E-state index >= 15 is 0 Å². The van der Waals surface area contributed by atoms with Gasteiger partial charge in [-0.3, -0.25) is 4.79 Å². The Bertz CT molecular complexity index is 1250. The van der Waals surface area contributed by atoms with Gasteiger partial charge in [-0.25, -0.2) is 0 Å². The summed E-state index contributed by atoms with van der Waals surface area (Å²) in [7, 11) is 0. The average Bonchev–Trinajstić information content (AvgIpc) is 2.67. The van der Waals surface area contributed by atoms with Crippen LogP contribution in [0.3, 0.4) is 0 Å². The van der Waals surface area contributed by atoms with Crippen LogP contribution < -0.4 is 5.43 Å². The third-order valence-electron chi connectivity index (χ3n) is 6.19. The zero-order valence-corrected chi connectivity index (χ0v) is 17.7. The minimum Gasteiger partial charge on any atom is -0.508 e. The number of aromatic hydroxyl groups is 3. The molecule has 3 aromatic rings. The molecule has 162 valence electrons. The summed E-state index contributed by atoms with van der Waals surface area (Å²) in [5, 5.41) is 41.1. The summed E-state index contributed by atoms with van der Waals surface area (Å²) in [5.74, 6) is -0.793. The fourth-order valence-electron chi connectivity index (χ4n) is 4.57. The molecule has 1 aromatic heterocycles. The van der Waals surface area contributed by atoms with Crippen LogP contribution in [-0.2, 0) is 0 Å². The van der Waals surface area contributed by atoms with Crippen molar-refractivity contribution < 1.29 is 24.8 Å². The summed E-state index contributed by atoms with van der Waals surface area (Å²) in [4.78, 5) is 13.1. The topological polar surface area (TPSA) is 111 Å². The van der Waals surface area contributed by atoms with Crippen LogP contribution in [0.15, 0.2) is 57.5 Å². The quantitative estimate of drug-likeness (QED) is 0.452. The second-order valence-electron chi connectivity index (χ2n) is 8.93. The molecule has 0 spiro atoms. The van der Waals surface area contributed by atoms with Crippen LogP contribution in [0.2, 0.25) is 0 Å². The van der Waals surface area contributed by atoms with Crippen molar-refractivity contribution in [1.29, 1.82) is 0 Å². The van der Waals surface area contributed by atoms with Gasteiger partial charge in [0.1, 0.15) is 34.5 Å². The number of hydrogen-bond donors (Lipinski definition) is 4. The summed E-state index contributed by atoms with van der Waals surface area (Å²) in [6, 6.07) is 7.25. The van der Waals surface area contributed by atoms with Crippen LogP contribution in [0.25, 0.3) is 22.1 Å². The van der Waals surface area contributed by atoms with Crippen LogP contribution in [0.5, 0.6) is 17.2 Å². The number of phenols is 3. The monoisotopic (exact) mass is 422 g/mol. The molecule has 2 atom stereocenters. The van der Waals surface area contributed by atoms with E-state index in [0.29, 0.717) is 11.1 Å². The molecule has 0 radical (unpaired) electrons. The van der Waals surface area contributed by atoms with Gasteiger partial charge in [-0.15, -0.1) is 0 Å². The summed E-state index contributed by atoms with van der Waals surface area (Å²) < 4.78 is 5.51. The molecule has 0 bridgehead atoms. The van der Waals surface area contributed by atoms with Gasteiger partial charge < -0.3 is 24.8 Å². The van der Waals surface area contributed by atoms with Crippen molar-refractivity contribution >= 4 is 11.0 Å². The highest BCUT2D eigenvalue weighted by Crippen LogP contribution is 2.45. The Morgan fingerprint density at radius 2 is 1.81 bits per heavy atom. The molecule has 1 heterocycles. The first-order valence-electron chi connectivity index (χ1n) is 10.3. The molecule has 0 aliphatic heterocycles. The number of benzene rings is 2. The third kappa shape index (κ3) is 3.79. The highest BCUT2D eigenvalue weighted by Gasteiger charge is 2.37. The normalized spacial score (nSPS) is 19.4. The highest BCUT2D eigenvalue weighted by atomic mass is 16.3. The van der Waals surface area contributed by atoms with Gasteiger partial charge in [0.15, 0.2) is 0 Å². The molecule has 0 saturated carbocycles. The largest absolute Gasteiger partial charge is 0.508 e. The van der Waals surface area contributed by atoms with E-state index in [1.54, 1.807) is 26.0 Å². The summed E-state index contributed by atoms with van der Waals surface area (Å²) in [5.41, 5.74) is 1.26. The number of fused-ring (bicyclic) bond motifs is 1. The second-order valence-corrected chi connectivity index (χ2v) is 8.93. The Kier molecular flexibility index (Phi) is 5.06. The molecule has 0 unspecified atom stereocenters. The van der Waals surface area contributed by atoms with Crippen molar-refractivity contribution in [1.82, 2.24) is 0 Å². The van der Waals surface area contributed by atoms with Crippen molar-refractivity contribution in [2.24, 2.45) is 5.92 Å². The summed E-state index contributed by atoms with van der Waals surface area (Å²) >= 11 is 0. The standard InChI is InChI=1S/C25H26O6/c1-13-4-6-19(25(2,3)30)16(8-13)17-9-14(5-7-20(17)27)18-12-31-22-11-15(26)10-21(28)23(22)24(18)29/h5,7-12,16,19,26-28,30H,4,6H2,1-3H3/t16-,19-/m0/s1. The Hall–Kier alpha value is -3.25. The van der Waals surface area contributed by atoms with Gasteiger partial charge in [0.05, 0.1) is 11.2 Å². The first-order chi connectivity index (χ1) is 14.6. The van der Waals surface area contributed by atoms with E-state index in [2.05, 4.69) is 6.08 Å². The second kappa shape index (κ2) is 7.46. The smallest absolute Gasteiger partial charge is 0.204 e. The molecule has 6 heteroatoms. The van der Waals surface area contributed by atoms with Gasteiger partial charge in [0.25, 0.3) is 0 Å². The SMILES string of the molecule is CC1=C[C@@H](c2cc(-c3coc4cc(O)cc(O)c4c3=O)ccc2O)[C@@H](C(C)(C)O)CC1. The zero-order valence-electron chi connectivity index (χ0n) is 17.7. The third-order valence-corrected chi connectivity index (χ3v) is 6.19. The van der Waals surface area contributed by atoms with Gasteiger partial charge in [0, 0.05) is 23.6 Å². The fraction of sp³-hybridized carbons (Fsp3) is 0.320. The fourth-order valence-corrected chi connectivity index (χ4v) is 4.57. The minimum atomic E-state index is -0.944. The van der Waals surface area contributed by atoms with E-state index in [4.69, 9.17) is 4.42 Å². The average molecular weight is 422 g/mol. The lowest BCUT2D eigenvalue weighted by Gasteiger charge is -2.38. The van der Waals surface area contributed by atoms with Crippen LogP contribution in [0, 0.1) is 5.92 Å². The van der Waals surface area contributed by atoms with Gasteiger partial charge in [-0.2, -0.15) is 0 Å². The Morgan fingerprint density at radius 3 is 2.52 bits per heavy atom. The summed E-state index contributed by atoms with van der Waals surface area (Å²) in [6.07, 6.45) is 5.03. The maximum Gasteiger partial charge on any atom is 0.204 e. The van der Waals surface area contributed by atoms with Gasteiger partial charge >= 0.3 is 0 Å². The van der Waals surface area contributed by atoms with Gasteiger partial charge in [-0.05, 0) is 57.2 Å². The Labute approximate surface area is 179 Å². The van der Waals surface area contributed by atoms with Crippen LogP contribution >= 0.6 is 0 Å². The molecule has 0 amide bonds. The van der Waals surface area contributed by atoms with Gasteiger partial charge in [-0.1, -0.05) is 17.7 Å². The molecule has 31 heavy (non-hydrogen) atoms. The van der Waals surface area contributed by atoms with Crippen molar-refractivity contribution in [3.05, 3.63) is 64.0 Å². The van der Waals surface area contributed by atoms with Crippen LogP contribution in [0.4, 0.5) is 0 Å². The summed E-state index contributed by atoms with van der Waals surface area (Å²) in [6.45, 7) is 5.58. The van der Waals surface area contributed by atoms with E-state index in [1.807, 2.05) is 6.92 Å². The number of hydrogen-bond acceptors (Lipinski definition) is 6. The number of allylic oxidation sites excluding steroid dienone is 2. The predicted molar refractivity (Wildman–Crippen MR) is 118 cm³/mol. The first-order valence-corrected chi connectivity index (χ1v) is 10.3. The number of rotatable bonds is 3. The van der Waals surface area contributed by atoms with Crippen LogP contribution in [0.1, 0.15) is 45.1 Å². The molecule has 0 fully saturated rings. The van der Waals surface area contributed by atoms with Crippen molar-refractivity contribution in [2.75, 3.05) is 0 Å². The lowest BCUT2D eigenvalue weighted by molar-refractivity contribution is 0.00445. The van der Waals surface area contributed by atoms with E-state index in [0.717, 1.165) is 18.9 Å². The van der Waals surface area contributed by atoms with Crippen molar-refractivity contribution in [3.8, 4) is 28.4 Å². The molecule has 6 nitrogen and oxygen atoms in total. The van der Waals surface area contributed by atoms with Crippen molar-refractivity contribution in [2.45, 2.75) is 45.1 Å².